The van der Waals surface area contributed by atoms with Crippen LogP contribution in [0.2, 0.25) is 5.02 Å². The number of hydrogen-bond donors (Lipinski definition) is 1. The fourth-order valence-corrected chi connectivity index (χ4v) is 3.60. The van der Waals surface area contributed by atoms with Crippen molar-refractivity contribution in [3.05, 3.63) is 88.5 Å². The van der Waals surface area contributed by atoms with Crippen LogP contribution in [0.5, 0.6) is 0 Å². The summed E-state index contributed by atoms with van der Waals surface area (Å²) in [4.78, 5) is 4.00. The minimum Gasteiger partial charge on any atom is -0.379 e. The summed E-state index contributed by atoms with van der Waals surface area (Å²) >= 11 is 5.98. The molecule has 4 nitrogen and oxygen atoms in total. The monoisotopic (exact) mass is 351 g/mol. The van der Waals surface area contributed by atoms with Gasteiger partial charge in [0, 0.05) is 5.02 Å². The largest absolute Gasteiger partial charge is 0.379 e. The Morgan fingerprint density at radius 3 is 2.68 bits per heavy atom. The second-order valence-corrected chi connectivity index (χ2v) is 6.77. The Labute approximate surface area is 151 Å². The molecular formula is C20H18ClN3O. The highest BCUT2D eigenvalue weighted by Gasteiger charge is 2.39. The van der Waals surface area contributed by atoms with E-state index in [-0.39, 0.29) is 0 Å². The molecule has 1 aromatic heterocycles. The van der Waals surface area contributed by atoms with Crippen LogP contribution in [0.1, 0.15) is 23.1 Å². The van der Waals surface area contributed by atoms with Gasteiger partial charge < -0.3 is 5.11 Å². The summed E-state index contributed by atoms with van der Waals surface area (Å²) in [6.07, 6.45) is 6.89. The number of halogens is 1. The number of fused-ring (bicyclic) bond motifs is 1. The third-order valence-corrected chi connectivity index (χ3v) is 4.98. The fourth-order valence-electron chi connectivity index (χ4n) is 3.48. The van der Waals surface area contributed by atoms with Crippen molar-refractivity contribution < 1.29 is 5.11 Å². The van der Waals surface area contributed by atoms with Gasteiger partial charge in [-0.05, 0) is 47.2 Å². The van der Waals surface area contributed by atoms with Gasteiger partial charge in [0.25, 0.3) is 0 Å². The molecule has 1 aliphatic rings. The lowest BCUT2D eigenvalue weighted by Gasteiger charge is -2.37. The van der Waals surface area contributed by atoms with E-state index in [2.05, 4.69) is 22.2 Å². The van der Waals surface area contributed by atoms with Crippen LogP contribution in [-0.4, -0.2) is 19.9 Å². The average Bonchev–Trinajstić information content (AvgIpc) is 3.12. The Kier molecular flexibility index (Phi) is 4.15. The number of aromatic nitrogens is 3. The van der Waals surface area contributed by atoms with E-state index in [4.69, 9.17) is 11.6 Å². The number of hydrogen-bond acceptors (Lipinski definition) is 3. The summed E-state index contributed by atoms with van der Waals surface area (Å²) in [5.74, 6) is 0. The average molecular weight is 352 g/mol. The Hall–Kier alpha value is -2.43. The van der Waals surface area contributed by atoms with E-state index in [0.29, 0.717) is 11.6 Å². The molecule has 0 fully saturated rings. The van der Waals surface area contributed by atoms with Crippen molar-refractivity contribution >= 4 is 17.7 Å². The maximum absolute atomic E-state index is 11.7. The topological polar surface area (TPSA) is 50.9 Å². The van der Waals surface area contributed by atoms with E-state index in [0.717, 1.165) is 29.5 Å². The predicted molar refractivity (Wildman–Crippen MR) is 98.1 cm³/mol. The first-order valence-electron chi connectivity index (χ1n) is 8.25. The molecule has 1 atom stereocenters. The molecule has 1 N–H and O–H groups in total. The third-order valence-electron chi connectivity index (χ3n) is 4.73. The van der Waals surface area contributed by atoms with Crippen molar-refractivity contribution in [3.8, 4) is 0 Å². The van der Waals surface area contributed by atoms with E-state index in [1.165, 1.54) is 11.9 Å². The Morgan fingerprint density at radius 2 is 1.92 bits per heavy atom. The van der Waals surface area contributed by atoms with E-state index in [9.17, 15) is 5.11 Å². The fraction of sp³-hybridized carbons (Fsp3) is 0.200. The van der Waals surface area contributed by atoms with Gasteiger partial charge in [0.1, 0.15) is 18.3 Å². The molecule has 4 rings (SSSR count). The molecule has 0 amide bonds. The standard InChI is InChI=1S/C20H18ClN3O/c21-18-9-5-15(6-10-18)11-17-8-7-16-3-1-2-4-19(16)20(17,25)12-24-14-22-13-23-24/h1-6,9-11,13-14,25H,7-8,12H2/b17-11+/t20-/m1/s1. The quantitative estimate of drug-likeness (QED) is 0.779. The van der Waals surface area contributed by atoms with Crippen LogP contribution >= 0.6 is 11.6 Å². The minimum atomic E-state index is -1.11. The number of rotatable bonds is 3. The normalized spacial score (nSPS) is 21.3. The van der Waals surface area contributed by atoms with Crippen molar-refractivity contribution in [1.82, 2.24) is 14.8 Å². The molecule has 0 radical (unpaired) electrons. The zero-order valence-electron chi connectivity index (χ0n) is 13.6. The molecular weight excluding hydrogens is 334 g/mol. The number of benzene rings is 2. The van der Waals surface area contributed by atoms with Crippen LogP contribution in [0, 0.1) is 0 Å². The van der Waals surface area contributed by atoms with E-state index < -0.39 is 5.60 Å². The molecule has 0 aliphatic heterocycles. The van der Waals surface area contributed by atoms with Gasteiger partial charge >= 0.3 is 0 Å². The molecule has 2 aromatic carbocycles. The van der Waals surface area contributed by atoms with Crippen molar-refractivity contribution in [2.45, 2.75) is 25.0 Å². The molecule has 3 aromatic rings. The Balaban J connectivity index is 1.81. The third kappa shape index (κ3) is 3.11. The zero-order chi connectivity index (χ0) is 17.3. The summed E-state index contributed by atoms with van der Waals surface area (Å²) in [5, 5.41) is 16.6. The maximum atomic E-state index is 11.7. The molecule has 0 spiro atoms. The summed E-state index contributed by atoms with van der Waals surface area (Å²) in [6, 6.07) is 15.7. The summed E-state index contributed by atoms with van der Waals surface area (Å²) in [6.45, 7) is 0.337. The summed E-state index contributed by atoms with van der Waals surface area (Å²) in [5.41, 5.74) is 3.01. The zero-order valence-corrected chi connectivity index (χ0v) is 14.4. The van der Waals surface area contributed by atoms with Crippen LogP contribution in [0.25, 0.3) is 6.08 Å². The Morgan fingerprint density at radius 1 is 1.12 bits per heavy atom. The number of aryl methyl sites for hydroxylation is 1. The first kappa shape index (κ1) is 16.1. The van der Waals surface area contributed by atoms with Crippen LogP contribution in [0.3, 0.4) is 0 Å². The second-order valence-electron chi connectivity index (χ2n) is 6.33. The van der Waals surface area contributed by atoms with E-state index in [1.807, 2.05) is 42.5 Å². The second kappa shape index (κ2) is 6.47. The summed E-state index contributed by atoms with van der Waals surface area (Å²) in [7, 11) is 0. The van der Waals surface area contributed by atoms with Crippen molar-refractivity contribution in [3.63, 3.8) is 0 Å². The summed E-state index contributed by atoms with van der Waals surface area (Å²) < 4.78 is 1.68. The van der Waals surface area contributed by atoms with Gasteiger partial charge in [-0.3, -0.25) is 0 Å². The van der Waals surface area contributed by atoms with Gasteiger partial charge in [-0.2, -0.15) is 5.10 Å². The first-order chi connectivity index (χ1) is 12.1. The molecule has 0 saturated carbocycles. The van der Waals surface area contributed by atoms with Gasteiger partial charge in [0.15, 0.2) is 0 Å². The minimum absolute atomic E-state index is 0.337. The molecule has 126 valence electrons. The molecule has 0 saturated heterocycles. The lowest BCUT2D eigenvalue weighted by Crippen LogP contribution is -2.37. The van der Waals surface area contributed by atoms with Gasteiger partial charge in [-0.1, -0.05) is 54.1 Å². The molecule has 0 bridgehead atoms. The van der Waals surface area contributed by atoms with Crippen molar-refractivity contribution in [2.75, 3.05) is 0 Å². The van der Waals surface area contributed by atoms with Gasteiger partial charge in [-0.25, -0.2) is 9.67 Å². The van der Waals surface area contributed by atoms with E-state index in [1.54, 1.807) is 11.0 Å². The van der Waals surface area contributed by atoms with Crippen molar-refractivity contribution in [1.29, 1.82) is 0 Å². The lowest BCUT2D eigenvalue weighted by atomic mass is 9.74. The van der Waals surface area contributed by atoms with E-state index >= 15 is 0 Å². The maximum Gasteiger partial charge on any atom is 0.137 e. The van der Waals surface area contributed by atoms with Gasteiger partial charge in [0.05, 0.1) is 6.54 Å². The SMILES string of the molecule is O[C@]1(Cn2cncn2)/C(=C/c2ccc(Cl)cc2)CCc2ccccc21. The van der Waals surface area contributed by atoms with Crippen molar-refractivity contribution in [2.24, 2.45) is 0 Å². The van der Waals surface area contributed by atoms with Crippen LogP contribution in [0.15, 0.2) is 66.8 Å². The molecule has 0 unspecified atom stereocenters. The highest BCUT2D eigenvalue weighted by molar-refractivity contribution is 6.30. The molecule has 1 aliphatic carbocycles. The smallest absolute Gasteiger partial charge is 0.137 e. The molecule has 25 heavy (non-hydrogen) atoms. The first-order valence-corrected chi connectivity index (χ1v) is 8.63. The Bertz CT molecular complexity index is 903. The van der Waals surface area contributed by atoms with Crippen LogP contribution < -0.4 is 0 Å². The molecule has 1 heterocycles. The predicted octanol–water partition coefficient (Wildman–Crippen LogP) is 3.85. The van der Waals surface area contributed by atoms with Gasteiger partial charge in [-0.15, -0.1) is 0 Å². The number of aliphatic hydroxyl groups is 1. The highest BCUT2D eigenvalue weighted by atomic mass is 35.5. The number of nitrogens with zero attached hydrogens (tertiary/aromatic N) is 3. The van der Waals surface area contributed by atoms with Crippen LogP contribution in [0.4, 0.5) is 0 Å². The van der Waals surface area contributed by atoms with Gasteiger partial charge in [0.2, 0.25) is 0 Å². The lowest BCUT2D eigenvalue weighted by molar-refractivity contribution is 0.0456. The highest BCUT2D eigenvalue weighted by Crippen LogP contribution is 2.41. The van der Waals surface area contributed by atoms with Crippen LogP contribution in [-0.2, 0) is 18.6 Å². The molecule has 5 heteroatoms.